The summed E-state index contributed by atoms with van der Waals surface area (Å²) < 4.78 is 52.4. The molecule has 3 amide bonds. The first-order valence-electron chi connectivity index (χ1n) is 9.88. The first kappa shape index (κ1) is 25.8. The van der Waals surface area contributed by atoms with E-state index in [1.54, 1.807) is 0 Å². The molecule has 0 unspecified atom stereocenters. The molecule has 1 aliphatic heterocycles. The molecule has 1 heterocycles. The number of sulfone groups is 1. The largest absolute Gasteiger partial charge is 0.435 e. The number of hydrogen-bond acceptors (Lipinski definition) is 7. The van der Waals surface area contributed by atoms with Crippen LogP contribution in [0.2, 0.25) is 0 Å². The maximum absolute atomic E-state index is 12.5. The first-order valence-corrected chi connectivity index (χ1v) is 12.5. The lowest BCUT2D eigenvalue weighted by Crippen LogP contribution is -2.39. The van der Waals surface area contributed by atoms with Crippen molar-refractivity contribution in [1.82, 2.24) is 10.2 Å². The molecule has 2 rings (SSSR count). The van der Waals surface area contributed by atoms with Crippen LogP contribution in [0.4, 0.5) is 13.6 Å². The predicted octanol–water partition coefficient (Wildman–Crippen LogP) is 3.05. The first-order chi connectivity index (χ1) is 15.1. The minimum absolute atomic E-state index is 0.0339. The zero-order valence-electron chi connectivity index (χ0n) is 17.4. The van der Waals surface area contributed by atoms with Gasteiger partial charge in [0.2, 0.25) is 5.91 Å². The molecule has 1 fully saturated rings. The lowest BCUT2D eigenvalue weighted by atomic mass is 10.2. The van der Waals surface area contributed by atoms with Crippen LogP contribution in [0.1, 0.15) is 31.7 Å². The standard InChI is InChI=1S/C20H24F2N2O6S2/c1-2-3-4-11-32(28,29)13-17(25)23-9-10-24-18(26)16(31-20(24)27)12-14-5-7-15(8-6-14)30-19(21)22/h5-8,12,19H,2-4,9-11,13H2,1H3,(H,23,25)/b16-12+. The number of thioether (sulfide) groups is 1. The van der Waals surface area contributed by atoms with E-state index in [1.807, 2.05) is 6.92 Å². The number of nitrogens with zero attached hydrogens (tertiary/aromatic N) is 1. The Bertz CT molecular complexity index is 965. The van der Waals surface area contributed by atoms with Crippen LogP contribution in [0.15, 0.2) is 29.2 Å². The molecule has 0 radical (unpaired) electrons. The minimum Gasteiger partial charge on any atom is -0.435 e. The summed E-state index contributed by atoms with van der Waals surface area (Å²) >= 11 is 0.710. The van der Waals surface area contributed by atoms with Crippen LogP contribution in [0, 0.1) is 0 Å². The molecule has 32 heavy (non-hydrogen) atoms. The highest BCUT2D eigenvalue weighted by atomic mass is 32.2. The molecule has 1 aromatic rings. The van der Waals surface area contributed by atoms with Crippen molar-refractivity contribution in [3.05, 3.63) is 34.7 Å². The number of carbonyl (C=O) groups is 3. The summed E-state index contributed by atoms with van der Waals surface area (Å²) in [7, 11) is -3.50. The Labute approximate surface area is 189 Å². The number of imide groups is 1. The summed E-state index contributed by atoms with van der Waals surface area (Å²) in [4.78, 5) is 37.6. The van der Waals surface area contributed by atoms with Gasteiger partial charge in [0.15, 0.2) is 9.84 Å². The summed E-state index contributed by atoms with van der Waals surface area (Å²) in [5.41, 5.74) is 0.513. The van der Waals surface area contributed by atoms with E-state index in [1.165, 1.54) is 30.3 Å². The van der Waals surface area contributed by atoms with Crippen LogP contribution in [0.3, 0.4) is 0 Å². The predicted molar refractivity (Wildman–Crippen MR) is 117 cm³/mol. The molecule has 0 atom stereocenters. The average molecular weight is 491 g/mol. The maximum atomic E-state index is 12.5. The minimum atomic E-state index is -3.50. The van der Waals surface area contributed by atoms with Gasteiger partial charge in [-0.1, -0.05) is 31.9 Å². The summed E-state index contributed by atoms with van der Waals surface area (Å²) in [5.74, 6) is -1.97. The molecular formula is C20H24F2N2O6S2. The number of ether oxygens (including phenoxy) is 1. The Morgan fingerprint density at radius 3 is 2.53 bits per heavy atom. The summed E-state index contributed by atoms with van der Waals surface area (Å²) in [6, 6.07) is 5.56. The van der Waals surface area contributed by atoms with Gasteiger partial charge in [-0.25, -0.2) is 8.42 Å². The number of carbonyl (C=O) groups excluding carboxylic acids is 3. The quantitative estimate of drug-likeness (QED) is 0.354. The van der Waals surface area contributed by atoms with Gasteiger partial charge >= 0.3 is 6.61 Å². The third-order valence-electron chi connectivity index (χ3n) is 4.34. The Morgan fingerprint density at radius 2 is 1.91 bits per heavy atom. The number of hydrogen-bond donors (Lipinski definition) is 1. The maximum Gasteiger partial charge on any atom is 0.387 e. The number of benzene rings is 1. The second kappa shape index (κ2) is 12.0. The van der Waals surface area contributed by atoms with Gasteiger partial charge < -0.3 is 10.1 Å². The molecule has 0 spiro atoms. The molecule has 0 aromatic heterocycles. The number of halogens is 2. The molecule has 1 N–H and O–H groups in total. The molecule has 1 aliphatic rings. The normalized spacial score (nSPS) is 15.6. The van der Waals surface area contributed by atoms with Crippen molar-refractivity contribution in [1.29, 1.82) is 0 Å². The fourth-order valence-electron chi connectivity index (χ4n) is 2.79. The van der Waals surface area contributed by atoms with Gasteiger partial charge in [-0.3, -0.25) is 19.3 Å². The van der Waals surface area contributed by atoms with Crippen LogP contribution in [0.25, 0.3) is 6.08 Å². The van der Waals surface area contributed by atoms with Gasteiger partial charge in [-0.05, 0) is 42.0 Å². The van der Waals surface area contributed by atoms with Gasteiger partial charge in [0.1, 0.15) is 11.5 Å². The average Bonchev–Trinajstić information content (AvgIpc) is 2.96. The molecule has 1 aromatic carbocycles. The van der Waals surface area contributed by atoms with Crippen LogP contribution >= 0.6 is 11.8 Å². The molecule has 0 bridgehead atoms. The number of alkyl halides is 2. The van der Waals surface area contributed by atoms with E-state index in [2.05, 4.69) is 10.1 Å². The lowest BCUT2D eigenvalue weighted by molar-refractivity contribution is -0.123. The van der Waals surface area contributed by atoms with Crippen molar-refractivity contribution in [2.24, 2.45) is 0 Å². The van der Waals surface area contributed by atoms with Crippen LogP contribution < -0.4 is 10.1 Å². The highest BCUT2D eigenvalue weighted by Gasteiger charge is 2.34. The second-order valence-electron chi connectivity index (χ2n) is 6.93. The molecule has 1 saturated heterocycles. The SMILES string of the molecule is CCCCCS(=O)(=O)CC(=O)NCCN1C(=O)S/C(=C/c2ccc(OC(F)F)cc2)C1=O. The van der Waals surface area contributed by atoms with Crippen LogP contribution in [-0.2, 0) is 19.4 Å². The highest BCUT2D eigenvalue weighted by Crippen LogP contribution is 2.32. The lowest BCUT2D eigenvalue weighted by Gasteiger charge is -2.13. The van der Waals surface area contributed by atoms with Crippen molar-refractivity contribution >= 4 is 44.7 Å². The third-order valence-corrected chi connectivity index (χ3v) is 6.86. The van der Waals surface area contributed by atoms with Crippen molar-refractivity contribution in [3.63, 3.8) is 0 Å². The van der Waals surface area contributed by atoms with E-state index in [9.17, 15) is 31.6 Å². The Balaban J connectivity index is 1.86. The Morgan fingerprint density at radius 1 is 1.22 bits per heavy atom. The zero-order chi connectivity index (χ0) is 23.7. The summed E-state index contributed by atoms with van der Waals surface area (Å²) in [6.45, 7) is -1.18. The van der Waals surface area contributed by atoms with Gasteiger partial charge in [-0.15, -0.1) is 0 Å². The number of rotatable bonds is 12. The molecule has 176 valence electrons. The van der Waals surface area contributed by atoms with Crippen molar-refractivity contribution in [2.75, 3.05) is 24.6 Å². The van der Waals surface area contributed by atoms with E-state index >= 15 is 0 Å². The van der Waals surface area contributed by atoms with E-state index in [0.717, 1.165) is 17.7 Å². The number of amides is 3. The van der Waals surface area contributed by atoms with Crippen molar-refractivity contribution in [2.45, 2.75) is 32.8 Å². The zero-order valence-corrected chi connectivity index (χ0v) is 19.0. The smallest absolute Gasteiger partial charge is 0.387 e. The fourth-order valence-corrected chi connectivity index (χ4v) is 4.95. The van der Waals surface area contributed by atoms with Crippen molar-refractivity contribution in [3.8, 4) is 5.75 Å². The number of unbranched alkanes of at least 4 members (excludes halogenated alkanes) is 2. The van der Waals surface area contributed by atoms with Crippen LogP contribution in [-0.4, -0.2) is 61.6 Å². The molecule has 0 saturated carbocycles. The van der Waals surface area contributed by atoms with E-state index < -0.39 is 39.3 Å². The van der Waals surface area contributed by atoms with E-state index in [4.69, 9.17) is 0 Å². The van der Waals surface area contributed by atoms with Crippen molar-refractivity contribution < 1.29 is 36.3 Å². The molecular weight excluding hydrogens is 466 g/mol. The summed E-state index contributed by atoms with van der Waals surface area (Å²) in [5, 5.41) is 1.89. The van der Waals surface area contributed by atoms with Gasteiger partial charge in [0, 0.05) is 13.1 Å². The monoisotopic (exact) mass is 490 g/mol. The second-order valence-corrected chi connectivity index (χ2v) is 10.1. The summed E-state index contributed by atoms with van der Waals surface area (Å²) in [6.07, 6.45) is 3.57. The number of nitrogens with one attached hydrogen (secondary N) is 1. The molecule has 8 nitrogen and oxygen atoms in total. The molecule has 12 heteroatoms. The van der Waals surface area contributed by atoms with Crippen LogP contribution in [0.5, 0.6) is 5.75 Å². The highest BCUT2D eigenvalue weighted by molar-refractivity contribution is 8.18. The van der Waals surface area contributed by atoms with Gasteiger partial charge in [0.05, 0.1) is 10.7 Å². The Kier molecular flexibility index (Phi) is 9.63. The third kappa shape index (κ3) is 8.23. The van der Waals surface area contributed by atoms with E-state index in [0.29, 0.717) is 23.7 Å². The van der Waals surface area contributed by atoms with Gasteiger partial charge in [0.25, 0.3) is 11.1 Å². The van der Waals surface area contributed by atoms with Gasteiger partial charge in [-0.2, -0.15) is 8.78 Å². The molecule has 0 aliphatic carbocycles. The van der Waals surface area contributed by atoms with E-state index in [-0.39, 0.29) is 29.5 Å². The topological polar surface area (TPSA) is 110 Å². The fraction of sp³-hybridized carbons (Fsp3) is 0.450. The Hall–Kier alpha value is -2.47.